The Kier molecular flexibility index (Phi) is 2.00. The second-order valence-corrected chi connectivity index (χ2v) is 3.88. The van der Waals surface area contributed by atoms with E-state index < -0.39 is 0 Å². The molecule has 0 atom stereocenters. The van der Waals surface area contributed by atoms with E-state index in [0.29, 0.717) is 12.1 Å². The van der Waals surface area contributed by atoms with Crippen LogP contribution in [-0.4, -0.2) is 22.3 Å². The zero-order chi connectivity index (χ0) is 9.42. The summed E-state index contributed by atoms with van der Waals surface area (Å²) < 4.78 is 0. The van der Waals surface area contributed by atoms with Crippen molar-refractivity contribution in [2.45, 2.75) is 38.8 Å². The first-order chi connectivity index (χ1) is 6.16. The summed E-state index contributed by atoms with van der Waals surface area (Å²) in [6.07, 6.45) is 2.15. The fourth-order valence-corrected chi connectivity index (χ4v) is 1.75. The number of anilines is 1. The summed E-state index contributed by atoms with van der Waals surface area (Å²) in [5.74, 6) is 0. The molecule has 0 unspecified atom stereocenters. The van der Waals surface area contributed by atoms with Crippen LogP contribution in [0, 0.1) is 13.8 Å². The lowest BCUT2D eigenvalue weighted by Gasteiger charge is -2.33. The fraction of sp³-hybridized carbons (Fsp3) is 0.667. The SMILES string of the molecule is Cc1n[nH]c(C)c1NC1CC(N)C1. The average molecular weight is 180 g/mol. The number of hydrogen-bond acceptors (Lipinski definition) is 3. The zero-order valence-electron chi connectivity index (χ0n) is 8.09. The minimum absolute atomic E-state index is 0.394. The van der Waals surface area contributed by atoms with Gasteiger partial charge in [-0.15, -0.1) is 0 Å². The number of nitrogens with zero attached hydrogens (tertiary/aromatic N) is 1. The Morgan fingerprint density at radius 3 is 2.62 bits per heavy atom. The minimum Gasteiger partial charge on any atom is -0.379 e. The van der Waals surface area contributed by atoms with Gasteiger partial charge in [0.2, 0.25) is 0 Å². The van der Waals surface area contributed by atoms with E-state index in [9.17, 15) is 0 Å². The van der Waals surface area contributed by atoms with Crippen molar-refractivity contribution in [2.24, 2.45) is 5.73 Å². The Bertz CT molecular complexity index is 279. The number of H-pyrrole nitrogens is 1. The Hall–Kier alpha value is -1.03. The van der Waals surface area contributed by atoms with Crippen LogP contribution in [0.4, 0.5) is 5.69 Å². The molecule has 1 aliphatic carbocycles. The number of aryl methyl sites for hydroxylation is 2. The first kappa shape index (κ1) is 8.56. The molecule has 0 radical (unpaired) electrons. The van der Waals surface area contributed by atoms with E-state index in [1.807, 2.05) is 13.8 Å². The highest BCUT2D eigenvalue weighted by Gasteiger charge is 2.26. The Labute approximate surface area is 77.9 Å². The molecule has 4 heteroatoms. The Balaban J connectivity index is 2.01. The van der Waals surface area contributed by atoms with Gasteiger partial charge in [-0.05, 0) is 26.7 Å². The average Bonchev–Trinajstić information content (AvgIpc) is 2.32. The minimum atomic E-state index is 0.394. The molecule has 4 N–H and O–H groups in total. The van der Waals surface area contributed by atoms with Gasteiger partial charge < -0.3 is 11.1 Å². The highest BCUT2D eigenvalue weighted by molar-refractivity contribution is 5.52. The third kappa shape index (κ3) is 1.54. The molecule has 1 heterocycles. The second kappa shape index (κ2) is 3.03. The monoisotopic (exact) mass is 180 g/mol. The molecule has 1 saturated carbocycles. The number of nitrogens with two attached hydrogens (primary N) is 1. The van der Waals surface area contributed by atoms with Gasteiger partial charge in [0.1, 0.15) is 0 Å². The summed E-state index contributed by atoms with van der Waals surface area (Å²) in [4.78, 5) is 0. The van der Waals surface area contributed by atoms with Crippen molar-refractivity contribution in [2.75, 3.05) is 5.32 Å². The Morgan fingerprint density at radius 2 is 2.15 bits per heavy atom. The predicted octanol–water partition coefficient (Wildman–Crippen LogP) is 0.928. The van der Waals surface area contributed by atoms with Gasteiger partial charge in [-0.3, -0.25) is 5.10 Å². The summed E-state index contributed by atoms with van der Waals surface area (Å²) in [5, 5.41) is 10.5. The molecule has 1 fully saturated rings. The molecule has 0 aliphatic heterocycles. The van der Waals surface area contributed by atoms with Crippen molar-refractivity contribution in [1.29, 1.82) is 0 Å². The smallest absolute Gasteiger partial charge is 0.0825 e. The van der Waals surface area contributed by atoms with Gasteiger partial charge >= 0.3 is 0 Å². The molecule has 0 aromatic carbocycles. The maximum atomic E-state index is 5.71. The summed E-state index contributed by atoms with van der Waals surface area (Å²) in [7, 11) is 0. The van der Waals surface area contributed by atoms with Gasteiger partial charge in [0.05, 0.1) is 17.1 Å². The van der Waals surface area contributed by atoms with Gasteiger partial charge in [0, 0.05) is 12.1 Å². The van der Waals surface area contributed by atoms with Gasteiger partial charge in [-0.25, -0.2) is 0 Å². The van der Waals surface area contributed by atoms with E-state index in [1.165, 1.54) is 0 Å². The number of nitrogens with one attached hydrogen (secondary N) is 2. The third-order valence-corrected chi connectivity index (χ3v) is 2.65. The number of hydrogen-bond donors (Lipinski definition) is 3. The highest BCUT2D eigenvalue weighted by atomic mass is 15.2. The normalized spacial score (nSPS) is 27.0. The maximum Gasteiger partial charge on any atom is 0.0825 e. The van der Waals surface area contributed by atoms with Crippen LogP contribution in [0.15, 0.2) is 0 Å². The van der Waals surface area contributed by atoms with Crippen LogP contribution in [0.25, 0.3) is 0 Å². The van der Waals surface area contributed by atoms with Gasteiger partial charge in [-0.2, -0.15) is 5.10 Å². The molecule has 0 amide bonds. The molecular formula is C9H16N4. The van der Waals surface area contributed by atoms with Crippen molar-refractivity contribution in [1.82, 2.24) is 10.2 Å². The quantitative estimate of drug-likeness (QED) is 0.634. The largest absolute Gasteiger partial charge is 0.379 e. The van der Waals surface area contributed by atoms with Crippen molar-refractivity contribution in [3.63, 3.8) is 0 Å². The second-order valence-electron chi connectivity index (χ2n) is 3.88. The molecule has 0 spiro atoms. The fourth-order valence-electron chi connectivity index (χ4n) is 1.75. The lowest BCUT2D eigenvalue weighted by Crippen LogP contribution is -2.44. The number of aromatic nitrogens is 2. The van der Waals surface area contributed by atoms with E-state index in [4.69, 9.17) is 5.73 Å². The summed E-state index contributed by atoms with van der Waals surface area (Å²) in [5.41, 5.74) is 9.01. The van der Waals surface area contributed by atoms with E-state index in [0.717, 1.165) is 29.9 Å². The van der Waals surface area contributed by atoms with E-state index in [-0.39, 0.29) is 0 Å². The molecule has 0 saturated heterocycles. The zero-order valence-corrected chi connectivity index (χ0v) is 8.09. The number of aromatic amines is 1. The van der Waals surface area contributed by atoms with Crippen LogP contribution in [0.1, 0.15) is 24.2 Å². The molecular weight excluding hydrogens is 164 g/mol. The van der Waals surface area contributed by atoms with Gasteiger partial charge in [0.15, 0.2) is 0 Å². The molecule has 13 heavy (non-hydrogen) atoms. The molecule has 72 valence electrons. The van der Waals surface area contributed by atoms with Gasteiger partial charge in [0.25, 0.3) is 0 Å². The lowest BCUT2D eigenvalue weighted by atomic mass is 9.87. The molecule has 0 bridgehead atoms. The summed E-state index contributed by atoms with van der Waals surface area (Å²) >= 11 is 0. The topological polar surface area (TPSA) is 66.7 Å². The lowest BCUT2D eigenvalue weighted by molar-refractivity contribution is 0.373. The third-order valence-electron chi connectivity index (χ3n) is 2.65. The van der Waals surface area contributed by atoms with Crippen LogP contribution in [0.2, 0.25) is 0 Å². The van der Waals surface area contributed by atoms with Crippen LogP contribution in [0.3, 0.4) is 0 Å². The Morgan fingerprint density at radius 1 is 1.46 bits per heavy atom. The first-order valence-electron chi connectivity index (χ1n) is 4.70. The van der Waals surface area contributed by atoms with Crippen LogP contribution >= 0.6 is 0 Å². The van der Waals surface area contributed by atoms with E-state index in [2.05, 4.69) is 15.5 Å². The van der Waals surface area contributed by atoms with Crippen molar-refractivity contribution >= 4 is 5.69 Å². The van der Waals surface area contributed by atoms with Crippen molar-refractivity contribution < 1.29 is 0 Å². The summed E-state index contributed by atoms with van der Waals surface area (Å²) in [6.45, 7) is 4.03. The van der Waals surface area contributed by atoms with E-state index in [1.54, 1.807) is 0 Å². The van der Waals surface area contributed by atoms with Crippen molar-refractivity contribution in [3.8, 4) is 0 Å². The molecule has 1 aliphatic rings. The van der Waals surface area contributed by atoms with E-state index >= 15 is 0 Å². The predicted molar refractivity (Wildman–Crippen MR) is 52.7 cm³/mol. The molecule has 1 aromatic heterocycles. The van der Waals surface area contributed by atoms with Gasteiger partial charge in [-0.1, -0.05) is 0 Å². The van der Waals surface area contributed by atoms with Crippen LogP contribution < -0.4 is 11.1 Å². The molecule has 1 aromatic rings. The first-order valence-corrected chi connectivity index (χ1v) is 4.70. The van der Waals surface area contributed by atoms with Crippen LogP contribution in [0.5, 0.6) is 0 Å². The standard InChI is InChI=1S/C9H16N4/c1-5-9(6(2)13-12-5)11-8-3-7(10)4-8/h7-8,11H,3-4,10H2,1-2H3,(H,12,13). The van der Waals surface area contributed by atoms with Crippen LogP contribution in [-0.2, 0) is 0 Å². The summed E-state index contributed by atoms with van der Waals surface area (Å²) in [6, 6.07) is 0.940. The number of rotatable bonds is 2. The molecule has 2 rings (SSSR count). The molecule has 4 nitrogen and oxygen atoms in total. The van der Waals surface area contributed by atoms with Crippen molar-refractivity contribution in [3.05, 3.63) is 11.4 Å². The maximum absolute atomic E-state index is 5.71. The highest BCUT2D eigenvalue weighted by Crippen LogP contribution is 2.25.